The maximum atomic E-state index is 13.1. The second-order valence-electron chi connectivity index (χ2n) is 7.40. The van der Waals surface area contributed by atoms with Crippen LogP contribution in [0.25, 0.3) is 0 Å². The zero-order valence-electron chi connectivity index (χ0n) is 18.7. The van der Waals surface area contributed by atoms with E-state index in [0.29, 0.717) is 11.5 Å². The van der Waals surface area contributed by atoms with Crippen LogP contribution in [0.5, 0.6) is 11.5 Å². The molecule has 0 aromatic heterocycles. The van der Waals surface area contributed by atoms with Gasteiger partial charge in [0.1, 0.15) is 24.7 Å². The standard InChI is InChI=1S/C27H26O6/c1-3-31-27(30)25(19(2)28)26(29)22-14-23(32-17-20-10-6-4-7-11-20)16-24(15-22)33-18-21-12-8-5-9-13-21/h4-16,25H,3,17-18H2,1-2H3. The van der Waals surface area contributed by atoms with Gasteiger partial charge in [-0.3, -0.25) is 14.4 Å². The molecule has 3 aromatic rings. The number of benzene rings is 3. The minimum atomic E-state index is -1.53. The largest absolute Gasteiger partial charge is 0.489 e. The molecule has 0 radical (unpaired) electrons. The van der Waals surface area contributed by atoms with E-state index in [1.807, 2.05) is 60.7 Å². The van der Waals surface area contributed by atoms with Gasteiger partial charge in [0.15, 0.2) is 17.5 Å². The quantitative estimate of drug-likeness (QED) is 0.239. The summed E-state index contributed by atoms with van der Waals surface area (Å²) >= 11 is 0. The zero-order valence-corrected chi connectivity index (χ0v) is 18.7. The Morgan fingerprint density at radius 3 is 1.67 bits per heavy atom. The van der Waals surface area contributed by atoms with Gasteiger partial charge in [-0.25, -0.2) is 0 Å². The predicted octanol–water partition coefficient (Wildman–Crippen LogP) is 4.80. The highest BCUT2D eigenvalue weighted by Crippen LogP contribution is 2.27. The van der Waals surface area contributed by atoms with Gasteiger partial charge in [-0.15, -0.1) is 0 Å². The Balaban J connectivity index is 1.88. The minimum absolute atomic E-state index is 0.0710. The molecule has 0 heterocycles. The van der Waals surface area contributed by atoms with E-state index < -0.39 is 23.5 Å². The first-order valence-corrected chi connectivity index (χ1v) is 10.7. The van der Waals surface area contributed by atoms with Gasteiger partial charge in [-0.05, 0) is 37.1 Å². The molecule has 0 saturated heterocycles. The smallest absolute Gasteiger partial charge is 0.324 e. The van der Waals surface area contributed by atoms with E-state index in [4.69, 9.17) is 14.2 Å². The van der Waals surface area contributed by atoms with Crippen molar-refractivity contribution < 1.29 is 28.6 Å². The molecule has 0 bridgehead atoms. The highest BCUT2D eigenvalue weighted by atomic mass is 16.5. The van der Waals surface area contributed by atoms with Gasteiger partial charge in [0.25, 0.3) is 0 Å². The minimum Gasteiger partial charge on any atom is -0.489 e. The SMILES string of the molecule is CCOC(=O)C(C(C)=O)C(=O)c1cc(OCc2ccccc2)cc(OCc2ccccc2)c1. The number of hydrogen-bond donors (Lipinski definition) is 0. The fourth-order valence-electron chi connectivity index (χ4n) is 3.21. The van der Waals surface area contributed by atoms with Crippen LogP contribution >= 0.6 is 0 Å². The topological polar surface area (TPSA) is 78.9 Å². The molecule has 1 atom stereocenters. The van der Waals surface area contributed by atoms with Gasteiger partial charge in [0.2, 0.25) is 0 Å². The molecule has 0 aliphatic rings. The van der Waals surface area contributed by atoms with Gasteiger partial charge in [-0.1, -0.05) is 60.7 Å². The molecular formula is C27H26O6. The Kier molecular flexibility index (Phi) is 8.36. The van der Waals surface area contributed by atoms with Crippen molar-refractivity contribution in [3.05, 3.63) is 95.6 Å². The molecule has 6 heteroatoms. The van der Waals surface area contributed by atoms with Crippen molar-refractivity contribution >= 4 is 17.5 Å². The average Bonchev–Trinajstić information content (AvgIpc) is 2.82. The van der Waals surface area contributed by atoms with Crippen molar-refractivity contribution in [3.63, 3.8) is 0 Å². The summed E-state index contributed by atoms with van der Waals surface area (Å²) in [6.45, 7) is 3.45. The van der Waals surface area contributed by atoms with Crippen molar-refractivity contribution in [1.82, 2.24) is 0 Å². The van der Waals surface area contributed by atoms with Gasteiger partial charge in [-0.2, -0.15) is 0 Å². The number of esters is 1. The lowest BCUT2D eigenvalue weighted by molar-refractivity contribution is -0.148. The lowest BCUT2D eigenvalue weighted by Crippen LogP contribution is -2.32. The van der Waals surface area contributed by atoms with Gasteiger partial charge in [0, 0.05) is 11.6 Å². The first-order valence-electron chi connectivity index (χ1n) is 10.7. The van der Waals surface area contributed by atoms with Crippen LogP contribution in [0.1, 0.15) is 35.3 Å². The monoisotopic (exact) mass is 446 g/mol. The summed E-state index contributed by atoms with van der Waals surface area (Å²) in [6, 6.07) is 23.8. The Morgan fingerprint density at radius 2 is 1.24 bits per heavy atom. The third-order valence-electron chi connectivity index (χ3n) is 4.85. The van der Waals surface area contributed by atoms with Crippen LogP contribution < -0.4 is 9.47 Å². The molecule has 0 aliphatic heterocycles. The Morgan fingerprint density at radius 1 is 0.758 bits per heavy atom. The highest BCUT2D eigenvalue weighted by molar-refractivity contribution is 6.22. The second kappa shape index (κ2) is 11.6. The second-order valence-corrected chi connectivity index (χ2v) is 7.40. The van der Waals surface area contributed by atoms with E-state index in [1.165, 1.54) is 19.1 Å². The van der Waals surface area contributed by atoms with Crippen LogP contribution in [-0.4, -0.2) is 24.1 Å². The summed E-state index contributed by atoms with van der Waals surface area (Å²) in [5, 5.41) is 0. The molecular weight excluding hydrogens is 420 g/mol. The summed E-state index contributed by atoms with van der Waals surface area (Å²) in [5.74, 6) is -2.86. The van der Waals surface area contributed by atoms with Crippen LogP contribution in [-0.2, 0) is 27.5 Å². The zero-order chi connectivity index (χ0) is 23.6. The Labute approximate surface area is 193 Å². The maximum absolute atomic E-state index is 13.1. The third-order valence-corrected chi connectivity index (χ3v) is 4.85. The van der Waals surface area contributed by atoms with E-state index in [-0.39, 0.29) is 25.4 Å². The van der Waals surface area contributed by atoms with Crippen LogP contribution in [0.15, 0.2) is 78.9 Å². The van der Waals surface area contributed by atoms with Gasteiger partial charge >= 0.3 is 5.97 Å². The van der Waals surface area contributed by atoms with E-state index in [0.717, 1.165) is 11.1 Å². The lowest BCUT2D eigenvalue weighted by atomic mass is 9.94. The van der Waals surface area contributed by atoms with Crippen molar-refractivity contribution in [2.45, 2.75) is 27.1 Å². The van der Waals surface area contributed by atoms with E-state index in [9.17, 15) is 14.4 Å². The number of ether oxygens (including phenoxy) is 3. The van der Waals surface area contributed by atoms with E-state index in [2.05, 4.69) is 0 Å². The van der Waals surface area contributed by atoms with Crippen molar-refractivity contribution in [1.29, 1.82) is 0 Å². The highest BCUT2D eigenvalue weighted by Gasteiger charge is 2.33. The maximum Gasteiger partial charge on any atom is 0.324 e. The van der Waals surface area contributed by atoms with E-state index >= 15 is 0 Å². The lowest BCUT2D eigenvalue weighted by Gasteiger charge is -2.15. The number of Topliss-reactive ketones (excluding diaryl/α,β-unsaturated/α-hetero) is 2. The molecule has 0 spiro atoms. The van der Waals surface area contributed by atoms with Gasteiger partial charge < -0.3 is 14.2 Å². The number of carbonyl (C=O) groups is 3. The number of rotatable bonds is 11. The molecule has 6 nitrogen and oxygen atoms in total. The summed E-state index contributed by atoms with van der Waals surface area (Å²) < 4.78 is 16.7. The first kappa shape index (κ1) is 23.7. The molecule has 0 saturated carbocycles. The van der Waals surface area contributed by atoms with E-state index in [1.54, 1.807) is 13.0 Å². The Bertz CT molecular complexity index is 1030. The summed E-state index contributed by atoms with van der Waals surface area (Å²) in [7, 11) is 0. The van der Waals surface area contributed by atoms with Crippen LogP contribution in [0.3, 0.4) is 0 Å². The molecule has 1 unspecified atom stereocenters. The molecule has 170 valence electrons. The van der Waals surface area contributed by atoms with Crippen LogP contribution in [0.4, 0.5) is 0 Å². The fourth-order valence-corrected chi connectivity index (χ4v) is 3.21. The van der Waals surface area contributed by atoms with Crippen LogP contribution in [0.2, 0.25) is 0 Å². The van der Waals surface area contributed by atoms with Crippen molar-refractivity contribution in [2.75, 3.05) is 6.61 Å². The van der Waals surface area contributed by atoms with Gasteiger partial charge in [0.05, 0.1) is 6.61 Å². The number of ketones is 2. The molecule has 0 N–H and O–H groups in total. The number of carbonyl (C=O) groups excluding carboxylic acids is 3. The molecule has 0 amide bonds. The van der Waals surface area contributed by atoms with Crippen molar-refractivity contribution in [2.24, 2.45) is 5.92 Å². The Hall–Kier alpha value is -3.93. The first-order chi connectivity index (χ1) is 16.0. The molecule has 3 rings (SSSR count). The summed E-state index contributed by atoms with van der Waals surface area (Å²) in [6.07, 6.45) is 0. The summed E-state index contributed by atoms with van der Waals surface area (Å²) in [5.41, 5.74) is 2.04. The molecule has 0 aliphatic carbocycles. The average molecular weight is 446 g/mol. The normalized spacial score (nSPS) is 11.3. The van der Waals surface area contributed by atoms with Crippen molar-refractivity contribution in [3.8, 4) is 11.5 Å². The number of hydrogen-bond acceptors (Lipinski definition) is 6. The molecule has 33 heavy (non-hydrogen) atoms. The fraction of sp³-hybridized carbons (Fsp3) is 0.222. The molecule has 0 fully saturated rings. The molecule has 3 aromatic carbocycles. The third kappa shape index (κ3) is 6.77. The van der Waals surface area contributed by atoms with Crippen LogP contribution in [0, 0.1) is 5.92 Å². The summed E-state index contributed by atoms with van der Waals surface area (Å²) in [4.78, 5) is 37.5. The predicted molar refractivity (Wildman–Crippen MR) is 123 cm³/mol.